The van der Waals surface area contributed by atoms with Crippen LogP contribution in [0.15, 0.2) is 48.7 Å². The Morgan fingerprint density at radius 1 is 1.06 bits per heavy atom. The molecule has 0 unspecified atom stereocenters. The number of hydrogen-bond donors (Lipinski definition) is 1. The summed E-state index contributed by atoms with van der Waals surface area (Å²) in [7, 11) is 0. The molecule has 0 saturated carbocycles. The summed E-state index contributed by atoms with van der Waals surface area (Å²) in [6.07, 6.45) is 5.95. The number of nitrogens with two attached hydrogens (primary N) is 1. The van der Waals surface area contributed by atoms with Gasteiger partial charge in [0.15, 0.2) is 5.65 Å². The van der Waals surface area contributed by atoms with E-state index in [9.17, 15) is 4.79 Å². The number of aryl methyl sites for hydroxylation is 1. The summed E-state index contributed by atoms with van der Waals surface area (Å²) in [5, 5.41) is 5.89. The predicted octanol–water partition coefficient (Wildman–Crippen LogP) is 3.49. The Morgan fingerprint density at radius 2 is 1.94 bits per heavy atom. The van der Waals surface area contributed by atoms with Crippen molar-refractivity contribution in [1.82, 2.24) is 24.5 Å². The first kappa shape index (κ1) is 21.0. The molecule has 4 aromatic rings. The van der Waals surface area contributed by atoms with Crippen LogP contribution in [0.2, 0.25) is 0 Å². The van der Waals surface area contributed by atoms with Crippen molar-refractivity contribution < 1.29 is 4.79 Å². The van der Waals surface area contributed by atoms with Crippen molar-refractivity contribution in [3.63, 3.8) is 0 Å². The molecule has 0 bridgehead atoms. The monoisotopic (exact) mass is 455 g/mol. The van der Waals surface area contributed by atoms with Crippen LogP contribution in [0.5, 0.6) is 0 Å². The van der Waals surface area contributed by atoms with E-state index in [0.29, 0.717) is 12.2 Å². The summed E-state index contributed by atoms with van der Waals surface area (Å²) in [6.45, 7) is 4.52. The normalized spacial score (nSPS) is 21.0. The number of nitrogens with zero attached hydrogens (tertiary/aromatic N) is 6. The average molecular weight is 456 g/mol. The van der Waals surface area contributed by atoms with Gasteiger partial charge in [0.2, 0.25) is 0 Å². The molecule has 0 radical (unpaired) electrons. The highest BCUT2D eigenvalue weighted by Crippen LogP contribution is 2.32. The van der Waals surface area contributed by atoms with Gasteiger partial charge in [-0.25, -0.2) is 14.5 Å². The van der Waals surface area contributed by atoms with Gasteiger partial charge < -0.3 is 15.5 Å². The van der Waals surface area contributed by atoms with Crippen LogP contribution in [0.25, 0.3) is 16.6 Å². The fourth-order valence-electron chi connectivity index (χ4n) is 5.30. The number of amides is 1. The van der Waals surface area contributed by atoms with Gasteiger partial charge >= 0.3 is 0 Å². The Morgan fingerprint density at radius 3 is 2.79 bits per heavy atom. The fourth-order valence-corrected chi connectivity index (χ4v) is 5.30. The van der Waals surface area contributed by atoms with Gasteiger partial charge in [-0.05, 0) is 44.7 Å². The van der Waals surface area contributed by atoms with Crippen LogP contribution in [0.4, 0.5) is 5.82 Å². The molecule has 6 rings (SSSR count). The van der Waals surface area contributed by atoms with Crippen LogP contribution in [-0.2, 0) is 0 Å². The number of likely N-dealkylation sites (tertiary alicyclic amines) is 1. The molecule has 8 heteroatoms. The number of hydrogen-bond acceptors (Lipinski definition) is 6. The van der Waals surface area contributed by atoms with Crippen LogP contribution in [0.1, 0.15) is 53.5 Å². The molecule has 2 N–H and O–H groups in total. The largest absolute Gasteiger partial charge is 0.355 e. The van der Waals surface area contributed by atoms with E-state index in [-0.39, 0.29) is 18.0 Å². The topological polar surface area (TPSA) is 92.6 Å². The highest BCUT2D eigenvalue weighted by atomic mass is 16.2. The van der Waals surface area contributed by atoms with Gasteiger partial charge in [-0.2, -0.15) is 5.10 Å². The number of para-hydroxylation sites is 1. The molecule has 0 spiro atoms. The Kier molecular flexibility index (Phi) is 5.17. The van der Waals surface area contributed by atoms with Gasteiger partial charge in [0.25, 0.3) is 5.91 Å². The van der Waals surface area contributed by atoms with Gasteiger partial charge in [0, 0.05) is 48.9 Å². The fraction of sp³-hybridized carbons (Fsp3) is 0.385. The zero-order valence-electron chi connectivity index (χ0n) is 19.4. The Balaban J connectivity index is 1.33. The van der Waals surface area contributed by atoms with Crippen molar-refractivity contribution >= 4 is 28.3 Å². The minimum Gasteiger partial charge on any atom is -0.355 e. The zero-order chi connectivity index (χ0) is 23.2. The van der Waals surface area contributed by atoms with E-state index in [2.05, 4.69) is 16.8 Å². The lowest BCUT2D eigenvalue weighted by Gasteiger charge is -2.34. The third-order valence-electron chi connectivity index (χ3n) is 7.07. The molecule has 2 atom stereocenters. The van der Waals surface area contributed by atoms with E-state index in [1.165, 1.54) is 0 Å². The lowest BCUT2D eigenvalue weighted by molar-refractivity contribution is 0.0600. The van der Waals surface area contributed by atoms with Crippen LogP contribution in [0, 0.1) is 6.92 Å². The number of aromatic nitrogens is 4. The quantitative estimate of drug-likeness (QED) is 0.508. The minimum absolute atomic E-state index is 0.0385. The molecule has 2 saturated heterocycles. The second kappa shape index (κ2) is 8.36. The number of benzene rings is 1. The Labute approximate surface area is 198 Å². The molecular weight excluding hydrogens is 426 g/mol. The second-order valence-electron chi connectivity index (χ2n) is 9.51. The summed E-state index contributed by atoms with van der Waals surface area (Å²) in [4.78, 5) is 27.3. The predicted molar refractivity (Wildman–Crippen MR) is 132 cm³/mol. The molecule has 2 aliphatic rings. The standard InChI is InChI=1S/C26H29N7O/c1-17-15-33-24(29-25(17)31-13-11-19(27)16-31)14-22(30-33)23-8-4-5-12-32(23)26(34)21-10-9-18-6-2-3-7-20(18)28-21/h2-3,6-7,9-10,14-15,19,23H,4-5,8,11-13,16,27H2,1H3/t19-,23-/m0/s1. The van der Waals surface area contributed by atoms with Crippen LogP contribution >= 0.6 is 0 Å². The third kappa shape index (κ3) is 3.68. The number of piperidine rings is 1. The van der Waals surface area contributed by atoms with Gasteiger partial charge in [-0.3, -0.25) is 4.79 Å². The van der Waals surface area contributed by atoms with Crippen LogP contribution in [0.3, 0.4) is 0 Å². The van der Waals surface area contributed by atoms with Crippen molar-refractivity contribution in [3.05, 3.63) is 65.6 Å². The molecule has 2 fully saturated rings. The number of pyridine rings is 1. The van der Waals surface area contributed by atoms with Crippen LogP contribution in [-0.4, -0.2) is 56.1 Å². The molecule has 5 heterocycles. The zero-order valence-corrected chi connectivity index (χ0v) is 19.4. The van der Waals surface area contributed by atoms with E-state index >= 15 is 0 Å². The molecule has 1 amide bonds. The summed E-state index contributed by atoms with van der Waals surface area (Å²) in [5.41, 5.74) is 10.2. The third-order valence-corrected chi connectivity index (χ3v) is 7.07. The molecule has 34 heavy (non-hydrogen) atoms. The Hall–Kier alpha value is -3.52. The van der Waals surface area contributed by atoms with Gasteiger partial charge in [0.05, 0.1) is 17.3 Å². The molecule has 0 aliphatic carbocycles. The molecule has 3 aromatic heterocycles. The summed E-state index contributed by atoms with van der Waals surface area (Å²) < 4.78 is 1.84. The molecule has 2 aliphatic heterocycles. The Bertz CT molecular complexity index is 1380. The molecule has 8 nitrogen and oxygen atoms in total. The van der Waals surface area contributed by atoms with Gasteiger partial charge in [-0.1, -0.05) is 24.3 Å². The first-order valence-electron chi connectivity index (χ1n) is 12.1. The molecule has 1 aromatic carbocycles. The van der Waals surface area contributed by atoms with Crippen molar-refractivity contribution in [2.24, 2.45) is 5.73 Å². The maximum absolute atomic E-state index is 13.5. The highest BCUT2D eigenvalue weighted by molar-refractivity contribution is 5.95. The van der Waals surface area contributed by atoms with Crippen molar-refractivity contribution in [2.45, 2.75) is 44.7 Å². The smallest absolute Gasteiger partial charge is 0.273 e. The average Bonchev–Trinajstić information content (AvgIpc) is 3.48. The van der Waals surface area contributed by atoms with Crippen molar-refractivity contribution in [1.29, 1.82) is 0 Å². The van der Waals surface area contributed by atoms with E-state index in [4.69, 9.17) is 15.8 Å². The SMILES string of the molecule is Cc1cn2nc([C@@H]3CCCCN3C(=O)c3ccc4ccccc4n3)cc2nc1N1CC[C@H](N)C1. The lowest BCUT2D eigenvalue weighted by Crippen LogP contribution is -2.39. The first-order chi connectivity index (χ1) is 16.6. The summed E-state index contributed by atoms with van der Waals surface area (Å²) in [6, 6.07) is 13.8. The summed E-state index contributed by atoms with van der Waals surface area (Å²) in [5.74, 6) is 0.937. The number of carbonyl (C=O) groups excluding carboxylic acids is 1. The lowest BCUT2D eigenvalue weighted by atomic mass is 9.98. The van der Waals surface area contributed by atoms with E-state index in [0.717, 1.165) is 72.4 Å². The van der Waals surface area contributed by atoms with E-state index in [1.807, 2.05) is 58.1 Å². The van der Waals surface area contributed by atoms with Crippen LogP contribution < -0.4 is 10.6 Å². The highest BCUT2D eigenvalue weighted by Gasteiger charge is 2.32. The minimum atomic E-state index is -0.0832. The number of anilines is 1. The number of carbonyl (C=O) groups is 1. The van der Waals surface area contributed by atoms with Gasteiger partial charge in [0.1, 0.15) is 11.5 Å². The van der Waals surface area contributed by atoms with Crippen molar-refractivity contribution in [2.75, 3.05) is 24.5 Å². The summed E-state index contributed by atoms with van der Waals surface area (Å²) >= 11 is 0. The second-order valence-corrected chi connectivity index (χ2v) is 9.51. The first-order valence-corrected chi connectivity index (χ1v) is 12.1. The van der Waals surface area contributed by atoms with E-state index < -0.39 is 0 Å². The van der Waals surface area contributed by atoms with E-state index in [1.54, 1.807) is 0 Å². The number of rotatable bonds is 3. The molecule has 174 valence electrons. The molecular formula is C26H29N7O. The van der Waals surface area contributed by atoms with Crippen molar-refractivity contribution in [3.8, 4) is 0 Å². The number of fused-ring (bicyclic) bond motifs is 2. The van der Waals surface area contributed by atoms with Gasteiger partial charge in [-0.15, -0.1) is 0 Å². The maximum atomic E-state index is 13.5. The maximum Gasteiger partial charge on any atom is 0.273 e.